The highest BCUT2D eigenvalue weighted by molar-refractivity contribution is 5.19. The zero-order valence-corrected chi connectivity index (χ0v) is 8.62. The average Bonchev–Trinajstić information content (AvgIpc) is 2.85. The third kappa shape index (κ3) is 1.18. The van der Waals surface area contributed by atoms with Crippen LogP contribution in [-0.4, -0.2) is 24.4 Å². The Kier molecular flexibility index (Phi) is 2.29. The SMILES string of the molecule is COCC(O)(C1CC1)C1(C#N)CCC1. The summed E-state index contributed by atoms with van der Waals surface area (Å²) in [6.07, 6.45) is 4.82. The van der Waals surface area contributed by atoms with E-state index in [4.69, 9.17) is 4.74 Å². The average molecular weight is 195 g/mol. The Morgan fingerprint density at radius 2 is 2.21 bits per heavy atom. The Labute approximate surface area is 84.7 Å². The van der Waals surface area contributed by atoms with Crippen molar-refractivity contribution in [3.63, 3.8) is 0 Å². The number of ether oxygens (including phenoxy) is 1. The highest BCUT2D eigenvalue weighted by Crippen LogP contribution is 2.57. The van der Waals surface area contributed by atoms with Crippen LogP contribution in [0.2, 0.25) is 0 Å². The van der Waals surface area contributed by atoms with Crippen LogP contribution in [0.4, 0.5) is 0 Å². The molecule has 2 aliphatic carbocycles. The summed E-state index contributed by atoms with van der Waals surface area (Å²) < 4.78 is 5.09. The van der Waals surface area contributed by atoms with E-state index in [1.54, 1.807) is 7.11 Å². The van der Waals surface area contributed by atoms with E-state index in [2.05, 4.69) is 6.07 Å². The topological polar surface area (TPSA) is 53.2 Å². The summed E-state index contributed by atoms with van der Waals surface area (Å²) in [5, 5.41) is 19.8. The molecule has 0 bridgehead atoms. The summed E-state index contributed by atoms with van der Waals surface area (Å²) >= 11 is 0. The minimum Gasteiger partial charge on any atom is -0.386 e. The molecule has 3 nitrogen and oxygen atoms in total. The van der Waals surface area contributed by atoms with E-state index in [-0.39, 0.29) is 0 Å². The van der Waals surface area contributed by atoms with Crippen molar-refractivity contribution < 1.29 is 9.84 Å². The first-order chi connectivity index (χ1) is 6.68. The fraction of sp³-hybridized carbons (Fsp3) is 0.909. The predicted octanol–water partition coefficient (Wildman–Crippen LogP) is 1.47. The molecule has 0 radical (unpaired) electrons. The van der Waals surface area contributed by atoms with Crippen molar-refractivity contribution in [2.45, 2.75) is 37.7 Å². The Morgan fingerprint density at radius 3 is 2.50 bits per heavy atom. The standard InChI is InChI=1S/C11H17NO2/c1-14-8-11(13,9-3-4-9)10(7-12)5-2-6-10/h9,13H,2-6,8H2,1H3. The highest BCUT2D eigenvalue weighted by atomic mass is 16.5. The molecule has 0 amide bonds. The van der Waals surface area contributed by atoms with E-state index in [9.17, 15) is 10.4 Å². The third-order valence-corrected chi connectivity index (χ3v) is 3.87. The van der Waals surface area contributed by atoms with Gasteiger partial charge in [0.1, 0.15) is 5.60 Å². The van der Waals surface area contributed by atoms with Gasteiger partial charge in [0.15, 0.2) is 0 Å². The second-order valence-electron chi connectivity index (χ2n) is 4.68. The molecule has 14 heavy (non-hydrogen) atoms. The molecule has 2 fully saturated rings. The van der Waals surface area contributed by atoms with Gasteiger partial charge in [0.2, 0.25) is 0 Å². The molecule has 2 aliphatic rings. The number of nitrogens with zero attached hydrogens (tertiary/aromatic N) is 1. The van der Waals surface area contributed by atoms with Gasteiger partial charge in [-0.1, -0.05) is 6.42 Å². The van der Waals surface area contributed by atoms with Gasteiger partial charge in [-0.05, 0) is 31.6 Å². The lowest BCUT2D eigenvalue weighted by molar-refractivity contribution is -0.145. The van der Waals surface area contributed by atoms with Crippen molar-refractivity contribution >= 4 is 0 Å². The highest BCUT2D eigenvalue weighted by Gasteiger charge is 2.61. The molecule has 0 aromatic rings. The molecule has 2 rings (SSSR count). The lowest BCUT2D eigenvalue weighted by atomic mass is 9.58. The van der Waals surface area contributed by atoms with Crippen molar-refractivity contribution in [3.8, 4) is 6.07 Å². The zero-order valence-electron chi connectivity index (χ0n) is 8.62. The van der Waals surface area contributed by atoms with Crippen molar-refractivity contribution in [2.75, 3.05) is 13.7 Å². The maximum atomic E-state index is 10.6. The largest absolute Gasteiger partial charge is 0.386 e. The van der Waals surface area contributed by atoms with Crippen LogP contribution in [0.25, 0.3) is 0 Å². The number of rotatable bonds is 4. The predicted molar refractivity (Wildman–Crippen MR) is 51.4 cm³/mol. The zero-order chi connectivity index (χ0) is 10.2. The molecule has 2 saturated carbocycles. The molecule has 1 unspecified atom stereocenters. The Bertz CT molecular complexity index is 263. The number of aliphatic hydroxyl groups is 1. The van der Waals surface area contributed by atoms with Crippen LogP contribution < -0.4 is 0 Å². The summed E-state index contributed by atoms with van der Waals surface area (Å²) in [6, 6.07) is 2.33. The molecule has 0 aliphatic heterocycles. The Morgan fingerprint density at radius 1 is 1.57 bits per heavy atom. The minimum absolute atomic E-state index is 0.294. The minimum atomic E-state index is -0.880. The first kappa shape index (κ1) is 9.95. The van der Waals surface area contributed by atoms with Gasteiger partial charge in [-0.3, -0.25) is 0 Å². The summed E-state index contributed by atoms with van der Waals surface area (Å²) in [6.45, 7) is 0.311. The van der Waals surface area contributed by atoms with E-state index in [0.717, 1.165) is 32.1 Å². The van der Waals surface area contributed by atoms with Gasteiger partial charge in [0.05, 0.1) is 18.1 Å². The molecule has 0 aromatic carbocycles. The summed E-state index contributed by atoms with van der Waals surface area (Å²) in [7, 11) is 1.59. The number of hydrogen-bond acceptors (Lipinski definition) is 3. The molecular weight excluding hydrogens is 178 g/mol. The molecule has 0 saturated heterocycles. The first-order valence-corrected chi connectivity index (χ1v) is 5.31. The molecular formula is C11H17NO2. The monoisotopic (exact) mass is 195 g/mol. The maximum absolute atomic E-state index is 10.6. The third-order valence-electron chi connectivity index (χ3n) is 3.87. The van der Waals surface area contributed by atoms with Crippen LogP contribution in [0.1, 0.15) is 32.1 Å². The van der Waals surface area contributed by atoms with E-state index in [0.29, 0.717) is 12.5 Å². The summed E-state index contributed by atoms with van der Waals surface area (Å²) in [4.78, 5) is 0. The molecule has 0 spiro atoms. The number of nitriles is 1. The molecule has 3 heteroatoms. The fourth-order valence-electron chi connectivity index (χ4n) is 2.60. The first-order valence-electron chi connectivity index (χ1n) is 5.31. The lowest BCUT2D eigenvalue weighted by Gasteiger charge is -2.48. The normalized spacial score (nSPS) is 28.6. The second kappa shape index (κ2) is 3.22. The maximum Gasteiger partial charge on any atom is 0.109 e. The fourth-order valence-corrected chi connectivity index (χ4v) is 2.60. The molecule has 0 heterocycles. The quantitative estimate of drug-likeness (QED) is 0.739. The van der Waals surface area contributed by atoms with Gasteiger partial charge in [0.25, 0.3) is 0 Å². The second-order valence-corrected chi connectivity index (χ2v) is 4.68. The van der Waals surface area contributed by atoms with Gasteiger partial charge in [-0.25, -0.2) is 0 Å². The Hall–Kier alpha value is -0.590. The van der Waals surface area contributed by atoms with Gasteiger partial charge in [0, 0.05) is 7.11 Å². The summed E-state index contributed by atoms with van der Waals surface area (Å²) in [5.41, 5.74) is -1.39. The van der Waals surface area contributed by atoms with Crippen molar-refractivity contribution in [1.82, 2.24) is 0 Å². The molecule has 0 aromatic heterocycles. The lowest BCUT2D eigenvalue weighted by Crippen LogP contribution is -2.56. The van der Waals surface area contributed by atoms with Gasteiger partial charge >= 0.3 is 0 Å². The van der Waals surface area contributed by atoms with Crippen LogP contribution >= 0.6 is 0 Å². The van der Waals surface area contributed by atoms with Crippen molar-refractivity contribution in [1.29, 1.82) is 5.26 Å². The van der Waals surface area contributed by atoms with Crippen LogP contribution in [0.3, 0.4) is 0 Å². The van der Waals surface area contributed by atoms with E-state index in [1.807, 2.05) is 0 Å². The van der Waals surface area contributed by atoms with Crippen molar-refractivity contribution in [3.05, 3.63) is 0 Å². The van der Waals surface area contributed by atoms with Crippen LogP contribution in [-0.2, 0) is 4.74 Å². The number of hydrogen-bond donors (Lipinski definition) is 1. The van der Waals surface area contributed by atoms with Gasteiger partial charge in [-0.2, -0.15) is 5.26 Å². The molecule has 1 atom stereocenters. The van der Waals surface area contributed by atoms with Crippen LogP contribution in [0.15, 0.2) is 0 Å². The summed E-state index contributed by atoms with van der Waals surface area (Å²) in [5.74, 6) is 0.294. The van der Waals surface area contributed by atoms with E-state index in [1.165, 1.54) is 0 Å². The van der Waals surface area contributed by atoms with Crippen LogP contribution in [0, 0.1) is 22.7 Å². The smallest absolute Gasteiger partial charge is 0.109 e. The van der Waals surface area contributed by atoms with Gasteiger partial charge < -0.3 is 9.84 Å². The molecule has 1 N–H and O–H groups in total. The molecule has 78 valence electrons. The Balaban J connectivity index is 2.20. The van der Waals surface area contributed by atoms with Crippen LogP contribution in [0.5, 0.6) is 0 Å². The van der Waals surface area contributed by atoms with E-state index < -0.39 is 11.0 Å². The van der Waals surface area contributed by atoms with E-state index >= 15 is 0 Å². The van der Waals surface area contributed by atoms with Crippen molar-refractivity contribution in [2.24, 2.45) is 11.3 Å². The van der Waals surface area contributed by atoms with Gasteiger partial charge in [-0.15, -0.1) is 0 Å². The number of methoxy groups -OCH3 is 1.